The van der Waals surface area contributed by atoms with E-state index in [4.69, 9.17) is 5.73 Å². The van der Waals surface area contributed by atoms with Crippen LogP contribution in [0.25, 0.3) is 6.08 Å². The molecule has 4 nitrogen and oxygen atoms in total. The van der Waals surface area contributed by atoms with E-state index >= 15 is 0 Å². The molecule has 1 aromatic carbocycles. The Labute approximate surface area is 110 Å². The number of hydrogen-bond acceptors (Lipinski definition) is 5. The topological polar surface area (TPSA) is 69.4 Å². The van der Waals surface area contributed by atoms with Gasteiger partial charge in [0.15, 0.2) is 5.12 Å². The van der Waals surface area contributed by atoms with E-state index in [1.54, 1.807) is 24.3 Å². The number of methoxy groups -OCH3 is 1. The van der Waals surface area contributed by atoms with Crippen LogP contribution in [0.3, 0.4) is 0 Å². The number of nitrogen functional groups attached to an aromatic ring is 1. The third kappa shape index (κ3) is 4.25. The molecule has 0 aliphatic rings. The number of esters is 1. The van der Waals surface area contributed by atoms with Crippen molar-refractivity contribution in [3.05, 3.63) is 35.4 Å². The average Bonchev–Trinajstić information content (AvgIpc) is 2.34. The first-order chi connectivity index (χ1) is 8.54. The van der Waals surface area contributed by atoms with E-state index in [-0.39, 0.29) is 5.12 Å². The van der Waals surface area contributed by atoms with Crippen LogP contribution >= 0.6 is 11.8 Å². The fourth-order valence-electron chi connectivity index (χ4n) is 1.35. The van der Waals surface area contributed by atoms with Crippen LogP contribution in [0.1, 0.15) is 22.8 Å². The number of carbonyl (C=O) groups excluding carboxylic acids is 2. The Morgan fingerprint density at radius 2 is 2.17 bits per heavy atom. The lowest BCUT2D eigenvalue weighted by Gasteiger charge is -2.05. The lowest BCUT2D eigenvalue weighted by molar-refractivity contribution is -0.109. The van der Waals surface area contributed by atoms with Crippen molar-refractivity contribution in [2.45, 2.75) is 6.92 Å². The molecule has 0 saturated carbocycles. The van der Waals surface area contributed by atoms with Gasteiger partial charge >= 0.3 is 5.97 Å². The van der Waals surface area contributed by atoms with Crippen LogP contribution in [-0.4, -0.2) is 23.9 Å². The zero-order valence-electron chi connectivity index (χ0n) is 10.3. The first kappa shape index (κ1) is 14.3. The van der Waals surface area contributed by atoms with Crippen LogP contribution in [0.2, 0.25) is 0 Å². The average molecular weight is 265 g/mol. The molecule has 0 spiro atoms. The van der Waals surface area contributed by atoms with E-state index in [2.05, 4.69) is 4.74 Å². The smallest absolute Gasteiger partial charge is 0.338 e. The summed E-state index contributed by atoms with van der Waals surface area (Å²) in [5.41, 5.74) is 7.28. The fourth-order valence-corrected chi connectivity index (χ4v) is 1.77. The first-order valence-corrected chi connectivity index (χ1v) is 6.31. The highest BCUT2D eigenvalue weighted by Crippen LogP contribution is 2.17. The Kier molecular flexibility index (Phi) is 5.45. The minimum Gasteiger partial charge on any atom is -0.465 e. The number of thioether (sulfide) groups is 1. The minimum atomic E-state index is -0.429. The fraction of sp³-hybridized carbons (Fsp3) is 0.231. The van der Waals surface area contributed by atoms with E-state index in [0.717, 1.165) is 5.56 Å². The van der Waals surface area contributed by atoms with Gasteiger partial charge in [0, 0.05) is 18.4 Å². The molecule has 0 bridgehead atoms. The summed E-state index contributed by atoms with van der Waals surface area (Å²) in [6, 6.07) is 5.03. The standard InChI is InChI=1S/C13H15NO3S/c1-9(15)18-7-3-4-10-5-6-11(14)8-12(10)13(16)17-2/h3-6,8H,7,14H2,1-2H3. The quantitative estimate of drug-likeness (QED) is 0.668. The van der Waals surface area contributed by atoms with Gasteiger partial charge in [-0.2, -0.15) is 0 Å². The summed E-state index contributed by atoms with van der Waals surface area (Å²) < 4.78 is 4.69. The van der Waals surface area contributed by atoms with Gasteiger partial charge in [-0.05, 0) is 17.7 Å². The number of hydrogen-bond donors (Lipinski definition) is 1. The van der Waals surface area contributed by atoms with Crippen molar-refractivity contribution in [2.24, 2.45) is 0 Å². The van der Waals surface area contributed by atoms with Crippen LogP contribution in [-0.2, 0) is 9.53 Å². The normalized spacial score (nSPS) is 10.6. The van der Waals surface area contributed by atoms with Gasteiger partial charge in [-0.15, -0.1) is 0 Å². The highest BCUT2D eigenvalue weighted by atomic mass is 32.2. The van der Waals surface area contributed by atoms with Crippen LogP contribution in [0.15, 0.2) is 24.3 Å². The monoisotopic (exact) mass is 265 g/mol. The maximum absolute atomic E-state index is 11.6. The van der Waals surface area contributed by atoms with Gasteiger partial charge in [-0.25, -0.2) is 4.79 Å². The van der Waals surface area contributed by atoms with Gasteiger partial charge in [-0.3, -0.25) is 4.79 Å². The van der Waals surface area contributed by atoms with Crippen LogP contribution < -0.4 is 5.73 Å². The van der Waals surface area contributed by atoms with Crippen LogP contribution in [0.5, 0.6) is 0 Å². The molecular weight excluding hydrogens is 250 g/mol. The highest BCUT2D eigenvalue weighted by Gasteiger charge is 2.10. The van der Waals surface area contributed by atoms with Gasteiger partial charge in [0.05, 0.1) is 12.7 Å². The summed E-state index contributed by atoms with van der Waals surface area (Å²) in [6.45, 7) is 1.52. The number of benzene rings is 1. The van der Waals surface area contributed by atoms with Crippen molar-refractivity contribution in [3.8, 4) is 0 Å². The molecule has 1 aromatic rings. The van der Waals surface area contributed by atoms with E-state index in [9.17, 15) is 9.59 Å². The predicted molar refractivity (Wildman–Crippen MR) is 74.4 cm³/mol. The highest BCUT2D eigenvalue weighted by molar-refractivity contribution is 8.13. The molecule has 0 saturated heterocycles. The van der Waals surface area contributed by atoms with Crippen molar-refractivity contribution < 1.29 is 14.3 Å². The third-order valence-corrected chi connectivity index (χ3v) is 2.93. The largest absolute Gasteiger partial charge is 0.465 e. The molecule has 0 radical (unpaired) electrons. The molecule has 2 N–H and O–H groups in total. The summed E-state index contributed by atoms with van der Waals surface area (Å²) in [5.74, 6) is 0.140. The number of carbonyl (C=O) groups is 2. The van der Waals surface area contributed by atoms with E-state index < -0.39 is 5.97 Å². The zero-order valence-corrected chi connectivity index (χ0v) is 11.1. The van der Waals surface area contributed by atoms with Gasteiger partial charge in [0.25, 0.3) is 0 Å². The molecule has 0 aliphatic heterocycles. The number of nitrogens with two attached hydrogens (primary N) is 1. The molecule has 5 heteroatoms. The van der Waals surface area contributed by atoms with Crippen molar-refractivity contribution in [2.75, 3.05) is 18.6 Å². The minimum absolute atomic E-state index is 0.0603. The Bertz CT molecular complexity index is 483. The second-order valence-corrected chi connectivity index (χ2v) is 4.74. The summed E-state index contributed by atoms with van der Waals surface area (Å²) in [6.07, 6.45) is 3.60. The Balaban J connectivity index is 2.87. The van der Waals surface area contributed by atoms with Gasteiger partial charge in [0.2, 0.25) is 0 Å². The van der Waals surface area contributed by atoms with E-state index in [1.165, 1.54) is 25.8 Å². The van der Waals surface area contributed by atoms with Crippen molar-refractivity contribution in [1.82, 2.24) is 0 Å². The summed E-state index contributed by atoms with van der Waals surface area (Å²) >= 11 is 1.21. The molecular formula is C13H15NO3S. The maximum Gasteiger partial charge on any atom is 0.338 e. The second kappa shape index (κ2) is 6.86. The lowest BCUT2D eigenvalue weighted by atomic mass is 10.1. The Morgan fingerprint density at radius 3 is 2.78 bits per heavy atom. The number of anilines is 1. The number of ether oxygens (including phenoxy) is 1. The zero-order chi connectivity index (χ0) is 13.5. The summed E-state index contributed by atoms with van der Waals surface area (Å²) in [5, 5.41) is 0.0603. The van der Waals surface area contributed by atoms with Gasteiger partial charge in [-0.1, -0.05) is 30.0 Å². The van der Waals surface area contributed by atoms with Crippen molar-refractivity contribution >= 4 is 34.6 Å². The molecule has 0 heterocycles. The summed E-state index contributed by atoms with van der Waals surface area (Å²) in [4.78, 5) is 22.3. The maximum atomic E-state index is 11.6. The van der Waals surface area contributed by atoms with Crippen LogP contribution in [0, 0.1) is 0 Å². The molecule has 0 fully saturated rings. The van der Waals surface area contributed by atoms with Gasteiger partial charge in [0.1, 0.15) is 0 Å². The molecule has 1 rings (SSSR count). The SMILES string of the molecule is COC(=O)c1cc(N)ccc1C=CCSC(C)=O. The van der Waals surface area contributed by atoms with E-state index in [1.807, 2.05) is 6.08 Å². The molecule has 0 amide bonds. The molecule has 0 aliphatic carbocycles. The lowest BCUT2D eigenvalue weighted by Crippen LogP contribution is -2.04. The van der Waals surface area contributed by atoms with Crippen molar-refractivity contribution in [3.63, 3.8) is 0 Å². The predicted octanol–water partition coefficient (Wildman–Crippen LogP) is 2.35. The second-order valence-electron chi connectivity index (χ2n) is 3.54. The van der Waals surface area contributed by atoms with E-state index in [0.29, 0.717) is 17.0 Å². The van der Waals surface area contributed by atoms with Crippen LogP contribution in [0.4, 0.5) is 5.69 Å². The Morgan fingerprint density at radius 1 is 1.44 bits per heavy atom. The molecule has 96 valence electrons. The Hall–Kier alpha value is -1.75. The number of rotatable bonds is 4. The van der Waals surface area contributed by atoms with Crippen molar-refractivity contribution in [1.29, 1.82) is 0 Å². The molecule has 18 heavy (non-hydrogen) atoms. The molecule has 0 aromatic heterocycles. The molecule has 0 unspecified atom stereocenters. The van der Waals surface area contributed by atoms with Gasteiger partial charge < -0.3 is 10.5 Å². The first-order valence-electron chi connectivity index (χ1n) is 5.32. The summed E-state index contributed by atoms with van der Waals surface area (Å²) in [7, 11) is 1.32. The third-order valence-electron chi connectivity index (χ3n) is 2.16. The molecule has 0 atom stereocenters.